The summed E-state index contributed by atoms with van der Waals surface area (Å²) < 4.78 is 27.2. The van der Waals surface area contributed by atoms with Gasteiger partial charge in [-0.1, -0.05) is 29.7 Å². The Kier molecular flexibility index (Phi) is 4.89. The number of benzene rings is 1. The van der Waals surface area contributed by atoms with Crippen molar-refractivity contribution in [3.63, 3.8) is 0 Å². The molecule has 1 aromatic rings. The molecule has 0 aromatic heterocycles. The van der Waals surface area contributed by atoms with Crippen LogP contribution < -0.4 is 10.2 Å². The van der Waals surface area contributed by atoms with Gasteiger partial charge < -0.3 is 0 Å². The Bertz CT molecular complexity index is 406. The molecule has 2 unspecified atom stereocenters. The van der Waals surface area contributed by atoms with Gasteiger partial charge in [-0.2, -0.15) is 0 Å². The summed E-state index contributed by atoms with van der Waals surface area (Å²) in [6.45, 7) is 4.89. The number of halogens is 1. The quantitative estimate of drug-likeness (QED) is 0.810. The van der Waals surface area contributed by atoms with Gasteiger partial charge in [0.25, 0.3) is 0 Å². The number of hydrogen-bond acceptors (Lipinski definition) is 1. The summed E-state index contributed by atoms with van der Waals surface area (Å²) >= 11 is 0. The second kappa shape index (κ2) is 5.78. The zero-order chi connectivity index (χ0) is 13.1. The minimum atomic E-state index is -1.31. The standard InChI is InChI=1S/C12H17BFNOS/c1-12(2,3)17(16)15-11(8-14)9-5-4-6-10(13)7-9/h4-7,11,15H,8H2,1-3H3. The van der Waals surface area contributed by atoms with Crippen LogP contribution in [0, 0.1) is 0 Å². The van der Waals surface area contributed by atoms with Gasteiger partial charge in [-0.25, -0.2) is 13.3 Å². The molecule has 17 heavy (non-hydrogen) atoms. The number of rotatable bonds is 4. The zero-order valence-electron chi connectivity index (χ0n) is 10.4. The molecule has 0 heterocycles. The molecule has 0 aliphatic heterocycles. The van der Waals surface area contributed by atoms with Crippen LogP contribution in [0.4, 0.5) is 4.39 Å². The molecule has 0 amide bonds. The smallest absolute Gasteiger partial charge is 0.113 e. The largest absolute Gasteiger partial charge is 0.249 e. The van der Waals surface area contributed by atoms with E-state index in [-0.39, 0.29) is 0 Å². The average Bonchev–Trinajstić information content (AvgIpc) is 2.24. The van der Waals surface area contributed by atoms with E-state index in [2.05, 4.69) is 4.72 Å². The molecule has 1 aromatic carbocycles. The van der Waals surface area contributed by atoms with Gasteiger partial charge in [0.1, 0.15) is 14.5 Å². The summed E-state index contributed by atoms with van der Waals surface area (Å²) in [5.74, 6) is 0. The average molecular weight is 253 g/mol. The highest BCUT2D eigenvalue weighted by Crippen LogP contribution is 2.17. The van der Waals surface area contributed by atoms with Crippen molar-refractivity contribution in [1.29, 1.82) is 0 Å². The fraction of sp³-hybridized carbons (Fsp3) is 0.500. The van der Waals surface area contributed by atoms with E-state index in [9.17, 15) is 8.60 Å². The van der Waals surface area contributed by atoms with Gasteiger partial charge in [-0.3, -0.25) is 0 Å². The third-order valence-electron chi connectivity index (χ3n) is 2.27. The van der Waals surface area contributed by atoms with Crippen molar-refractivity contribution in [3.8, 4) is 0 Å². The SMILES string of the molecule is [B]c1cccc(C(CF)NS(=O)C(C)(C)C)c1. The van der Waals surface area contributed by atoms with Crippen molar-refractivity contribution < 1.29 is 8.60 Å². The van der Waals surface area contributed by atoms with E-state index in [1.807, 2.05) is 20.8 Å². The molecule has 1 rings (SSSR count). The lowest BCUT2D eigenvalue weighted by Crippen LogP contribution is -2.36. The molecular formula is C12H17BFNOS. The van der Waals surface area contributed by atoms with E-state index in [1.54, 1.807) is 24.3 Å². The Morgan fingerprint density at radius 3 is 2.59 bits per heavy atom. The first kappa shape index (κ1) is 14.4. The first-order valence-electron chi connectivity index (χ1n) is 5.44. The van der Waals surface area contributed by atoms with Gasteiger partial charge in [0, 0.05) is 0 Å². The molecule has 2 nitrogen and oxygen atoms in total. The summed E-state index contributed by atoms with van der Waals surface area (Å²) in [5, 5.41) is 0. The van der Waals surface area contributed by atoms with Gasteiger partial charge in [0.2, 0.25) is 0 Å². The summed E-state index contributed by atoms with van der Waals surface area (Å²) in [4.78, 5) is 0. The third-order valence-corrected chi connectivity index (χ3v) is 3.88. The summed E-state index contributed by atoms with van der Waals surface area (Å²) in [6.07, 6.45) is 0. The molecular weight excluding hydrogens is 236 g/mol. The van der Waals surface area contributed by atoms with Crippen molar-refractivity contribution in [1.82, 2.24) is 4.72 Å². The lowest BCUT2D eigenvalue weighted by Gasteiger charge is -2.23. The Balaban J connectivity index is 2.83. The molecule has 92 valence electrons. The van der Waals surface area contributed by atoms with Crippen LogP contribution in [-0.2, 0) is 11.0 Å². The van der Waals surface area contributed by atoms with E-state index in [0.717, 1.165) is 0 Å². The zero-order valence-corrected chi connectivity index (χ0v) is 11.2. The van der Waals surface area contributed by atoms with Crippen LogP contribution in [0.3, 0.4) is 0 Å². The Hall–Kier alpha value is -0.675. The monoisotopic (exact) mass is 253 g/mol. The van der Waals surface area contributed by atoms with E-state index >= 15 is 0 Å². The highest BCUT2D eigenvalue weighted by atomic mass is 32.2. The molecule has 0 fully saturated rings. The normalized spacial score (nSPS) is 15.5. The van der Waals surface area contributed by atoms with Crippen LogP contribution in [0.1, 0.15) is 32.4 Å². The lowest BCUT2D eigenvalue weighted by molar-refractivity contribution is 0.418. The predicted molar refractivity (Wildman–Crippen MR) is 71.6 cm³/mol. The summed E-state index contributed by atoms with van der Waals surface area (Å²) in [5.41, 5.74) is 1.29. The fourth-order valence-corrected chi connectivity index (χ4v) is 2.08. The number of nitrogens with one attached hydrogen (secondary N) is 1. The minimum Gasteiger partial charge on any atom is -0.249 e. The lowest BCUT2D eigenvalue weighted by atomic mass is 9.93. The third kappa shape index (κ3) is 4.24. The van der Waals surface area contributed by atoms with Gasteiger partial charge in [-0.15, -0.1) is 0 Å². The molecule has 1 N–H and O–H groups in total. The number of alkyl halides is 1. The summed E-state index contributed by atoms with van der Waals surface area (Å²) in [6, 6.07) is 6.37. The molecule has 0 aliphatic rings. The first-order chi connectivity index (χ1) is 7.84. The Morgan fingerprint density at radius 1 is 1.47 bits per heavy atom. The van der Waals surface area contributed by atoms with E-state index in [0.29, 0.717) is 11.0 Å². The second-order valence-corrected chi connectivity index (χ2v) is 6.87. The highest BCUT2D eigenvalue weighted by molar-refractivity contribution is 7.84. The Labute approximate surface area is 106 Å². The summed E-state index contributed by atoms with van der Waals surface area (Å²) in [7, 11) is 4.34. The van der Waals surface area contributed by atoms with Crippen molar-refractivity contribution in [2.75, 3.05) is 6.67 Å². The molecule has 0 saturated heterocycles. The minimum absolute atomic E-state index is 0.423. The van der Waals surface area contributed by atoms with E-state index < -0.39 is 28.4 Å². The topological polar surface area (TPSA) is 29.1 Å². The maximum Gasteiger partial charge on any atom is 0.113 e. The molecule has 0 spiro atoms. The van der Waals surface area contributed by atoms with Crippen LogP contribution in [0.5, 0.6) is 0 Å². The first-order valence-corrected chi connectivity index (χ1v) is 6.59. The predicted octanol–water partition coefficient (Wildman–Crippen LogP) is 1.54. The van der Waals surface area contributed by atoms with Crippen molar-refractivity contribution in [3.05, 3.63) is 29.8 Å². The van der Waals surface area contributed by atoms with Crippen LogP contribution in [-0.4, -0.2) is 23.5 Å². The van der Waals surface area contributed by atoms with E-state index in [1.165, 1.54) is 0 Å². The van der Waals surface area contributed by atoms with Crippen molar-refractivity contribution >= 4 is 24.3 Å². The molecule has 0 aliphatic carbocycles. The maximum atomic E-state index is 13.0. The van der Waals surface area contributed by atoms with Gasteiger partial charge in [-0.05, 0) is 26.3 Å². The second-order valence-electron chi connectivity index (χ2n) is 4.88. The van der Waals surface area contributed by atoms with Crippen LogP contribution in [0.15, 0.2) is 24.3 Å². The molecule has 0 bridgehead atoms. The fourth-order valence-electron chi connectivity index (χ4n) is 1.27. The van der Waals surface area contributed by atoms with Crippen LogP contribution in [0.2, 0.25) is 0 Å². The maximum absolute atomic E-state index is 13.0. The van der Waals surface area contributed by atoms with Gasteiger partial charge in [0.15, 0.2) is 0 Å². The highest BCUT2D eigenvalue weighted by Gasteiger charge is 2.23. The van der Waals surface area contributed by atoms with Gasteiger partial charge >= 0.3 is 0 Å². The molecule has 2 radical (unpaired) electrons. The van der Waals surface area contributed by atoms with Crippen LogP contribution in [0.25, 0.3) is 0 Å². The van der Waals surface area contributed by atoms with Crippen LogP contribution >= 0.6 is 0 Å². The van der Waals surface area contributed by atoms with Crippen molar-refractivity contribution in [2.45, 2.75) is 31.6 Å². The van der Waals surface area contributed by atoms with Crippen molar-refractivity contribution in [2.24, 2.45) is 0 Å². The Morgan fingerprint density at radius 2 is 2.12 bits per heavy atom. The van der Waals surface area contributed by atoms with E-state index in [4.69, 9.17) is 7.85 Å². The van der Waals surface area contributed by atoms with Gasteiger partial charge in [0.05, 0.1) is 21.8 Å². The molecule has 0 saturated carbocycles. The molecule has 5 heteroatoms. The number of hydrogen-bond donors (Lipinski definition) is 1. The molecule has 2 atom stereocenters.